The molecule has 0 atom stereocenters. The normalized spacial score (nSPS) is 16.3. The third-order valence-electron chi connectivity index (χ3n) is 4.58. The highest BCUT2D eigenvalue weighted by Gasteiger charge is 2.20. The second-order valence-electron chi connectivity index (χ2n) is 7.07. The van der Waals surface area contributed by atoms with Crippen molar-refractivity contribution in [2.75, 3.05) is 39.3 Å². The van der Waals surface area contributed by atoms with E-state index in [1.807, 2.05) is 6.07 Å². The molecule has 8 heteroatoms. The van der Waals surface area contributed by atoms with Gasteiger partial charge in [-0.05, 0) is 6.92 Å². The van der Waals surface area contributed by atoms with Crippen molar-refractivity contribution in [2.24, 2.45) is 4.99 Å². The van der Waals surface area contributed by atoms with E-state index < -0.39 is 0 Å². The maximum Gasteiger partial charge on any atom is 0.194 e. The molecule has 27 heavy (non-hydrogen) atoms. The number of aromatic nitrogens is 2. The molecule has 0 aromatic carbocycles. The van der Waals surface area contributed by atoms with Gasteiger partial charge in [0.25, 0.3) is 0 Å². The molecule has 1 aliphatic rings. The van der Waals surface area contributed by atoms with Crippen LogP contribution in [0.1, 0.15) is 43.1 Å². The molecular formula is C19H30N6OS. The van der Waals surface area contributed by atoms with E-state index in [1.165, 1.54) is 5.01 Å². The van der Waals surface area contributed by atoms with Gasteiger partial charge in [-0.1, -0.05) is 19.0 Å². The number of thiazole rings is 1. The van der Waals surface area contributed by atoms with Crippen LogP contribution in [-0.2, 0) is 13.0 Å². The lowest BCUT2D eigenvalue weighted by atomic mass is 10.2. The molecule has 0 radical (unpaired) electrons. The molecule has 3 heterocycles. The molecule has 0 unspecified atom stereocenters. The Morgan fingerprint density at radius 1 is 1.30 bits per heavy atom. The lowest BCUT2D eigenvalue weighted by Crippen LogP contribution is -2.52. The maximum absolute atomic E-state index is 4.92. The molecule has 1 saturated heterocycles. The molecule has 0 saturated carbocycles. The Morgan fingerprint density at radius 2 is 2.11 bits per heavy atom. The highest BCUT2D eigenvalue weighted by atomic mass is 32.1. The quantitative estimate of drug-likeness (QED) is 0.579. The van der Waals surface area contributed by atoms with Gasteiger partial charge in [0.2, 0.25) is 0 Å². The Balaban J connectivity index is 1.49. The molecule has 1 fully saturated rings. The van der Waals surface area contributed by atoms with E-state index in [-0.39, 0.29) is 0 Å². The van der Waals surface area contributed by atoms with Gasteiger partial charge in [-0.25, -0.2) is 4.98 Å². The zero-order valence-electron chi connectivity index (χ0n) is 16.5. The first-order valence-electron chi connectivity index (χ1n) is 9.75. The molecule has 3 rings (SSSR count). The van der Waals surface area contributed by atoms with Crippen molar-refractivity contribution in [1.82, 2.24) is 25.3 Å². The van der Waals surface area contributed by atoms with Crippen LogP contribution < -0.4 is 5.32 Å². The summed E-state index contributed by atoms with van der Waals surface area (Å²) in [4.78, 5) is 14.3. The summed E-state index contributed by atoms with van der Waals surface area (Å²) in [5.74, 6) is 1.51. The molecule has 0 spiro atoms. The average molecular weight is 391 g/mol. The van der Waals surface area contributed by atoms with Crippen molar-refractivity contribution < 1.29 is 4.52 Å². The van der Waals surface area contributed by atoms with Crippen LogP contribution in [0.5, 0.6) is 0 Å². The predicted octanol–water partition coefficient (Wildman–Crippen LogP) is 2.58. The number of aliphatic imine (C=N–C) groups is 1. The van der Waals surface area contributed by atoms with Gasteiger partial charge < -0.3 is 14.7 Å². The Morgan fingerprint density at radius 3 is 2.74 bits per heavy atom. The van der Waals surface area contributed by atoms with Crippen molar-refractivity contribution in [1.29, 1.82) is 0 Å². The summed E-state index contributed by atoms with van der Waals surface area (Å²) in [7, 11) is 0. The third-order valence-corrected chi connectivity index (χ3v) is 5.77. The molecule has 7 nitrogen and oxygen atoms in total. The molecule has 0 amide bonds. The number of hydrogen-bond donors (Lipinski definition) is 1. The molecule has 2 aromatic rings. The van der Waals surface area contributed by atoms with Gasteiger partial charge in [-0.2, -0.15) is 0 Å². The second kappa shape index (κ2) is 9.85. The van der Waals surface area contributed by atoms with Crippen LogP contribution in [0.4, 0.5) is 0 Å². The lowest BCUT2D eigenvalue weighted by molar-refractivity contribution is 0.169. The summed E-state index contributed by atoms with van der Waals surface area (Å²) in [5, 5.41) is 10.8. The van der Waals surface area contributed by atoms with Crippen LogP contribution in [0.3, 0.4) is 0 Å². The molecule has 1 aliphatic heterocycles. The Labute approximate surface area is 165 Å². The van der Waals surface area contributed by atoms with Crippen LogP contribution in [-0.4, -0.2) is 65.2 Å². The summed E-state index contributed by atoms with van der Waals surface area (Å²) in [6.07, 6.45) is 2.53. The van der Waals surface area contributed by atoms with E-state index in [0.717, 1.165) is 69.6 Å². The summed E-state index contributed by atoms with van der Waals surface area (Å²) >= 11 is 1.75. The molecule has 0 bridgehead atoms. The fraction of sp³-hybridized carbons (Fsp3) is 0.632. The monoisotopic (exact) mass is 390 g/mol. The number of nitrogens with one attached hydrogen (secondary N) is 1. The van der Waals surface area contributed by atoms with Gasteiger partial charge in [0.05, 0.1) is 16.4 Å². The summed E-state index contributed by atoms with van der Waals surface area (Å²) in [5.41, 5.74) is 2.15. The first-order chi connectivity index (χ1) is 13.2. The Kier molecular flexibility index (Phi) is 7.23. The average Bonchev–Trinajstić information content (AvgIpc) is 3.34. The van der Waals surface area contributed by atoms with Gasteiger partial charge in [0.15, 0.2) is 5.96 Å². The van der Waals surface area contributed by atoms with Gasteiger partial charge in [0, 0.05) is 69.6 Å². The van der Waals surface area contributed by atoms with E-state index in [4.69, 9.17) is 14.5 Å². The van der Waals surface area contributed by atoms with Crippen molar-refractivity contribution in [2.45, 2.75) is 39.7 Å². The van der Waals surface area contributed by atoms with Crippen molar-refractivity contribution >= 4 is 17.3 Å². The number of piperazine rings is 1. The number of guanidine groups is 1. The minimum Gasteiger partial charge on any atom is -0.364 e. The van der Waals surface area contributed by atoms with Gasteiger partial charge in [-0.15, -0.1) is 11.3 Å². The topological polar surface area (TPSA) is 69.8 Å². The van der Waals surface area contributed by atoms with E-state index in [9.17, 15) is 0 Å². The number of nitrogens with zero attached hydrogens (tertiary/aromatic N) is 5. The second-order valence-corrected chi connectivity index (χ2v) is 7.96. The fourth-order valence-corrected chi connectivity index (χ4v) is 3.94. The maximum atomic E-state index is 4.92. The zero-order valence-corrected chi connectivity index (χ0v) is 17.3. The summed E-state index contributed by atoms with van der Waals surface area (Å²) in [6, 6.07) is 1.93. The Bertz CT molecular complexity index is 704. The van der Waals surface area contributed by atoms with Crippen LogP contribution in [0, 0.1) is 0 Å². The van der Waals surface area contributed by atoms with Crippen molar-refractivity contribution in [3.8, 4) is 0 Å². The standard InChI is InChI=1S/C19H30N6OS/c1-4-20-19(21-7-5-17-14-27-18(22-17)15(2)3)25-10-8-24(9-11-25)13-16-6-12-26-23-16/h6,12,14-15H,4-5,7-11,13H2,1-3H3,(H,20,21). The van der Waals surface area contributed by atoms with Crippen molar-refractivity contribution in [3.05, 3.63) is 34.1 Å². The molecule has 1 N–H and O–H groups in total. The van der Waals surface area contributed by atoms with Crippen LogP contribution in [0.25, 0.3) is 0 Å². The molecular weight excluding hydrogens is 360 g/mol. The van der Waals surface area contributed by atoms with E-state index in [1.54, 1.807) is 17.6 Å². The lowest BCUT2D eigenvalue weighted by Gasteiger charge is -2.36. The van der Waals surface area contributed by atoms with Crippen LogP contribution >= 0.6 is 11.3 Å². The largest absolute Gasteiger partial charge is 0.364 e. The highest BCUT2D eigenvalue weighted by molar-refractivity contribution is 7.09. The smallest absolute Gasteiger partial charge is 0.194 e. The molecule has 0 aliphatic carbocycles. The van der Waals surface area contributed by atoms with Crippen LogP contribution in [0.2, 0.25) is 0 Å². The van der Waals surface area contributed by atoms with Gasteiger partial charge in [0.1, 0.15) is 6.26 Å². The minimum absolute atomic E-state index is 0.498. The Hall–Kier alpha value is -1.93. The molecule has 148 valence electrons. The highest BCUT2D eigenvalue weighted by Crippen LogP contribution is 2.19. The molecule has 2 aromatic heterocycles. The number of hydrogen-bond acceptors (Lipinski definition) is 6. The number of rotatable bonds is 7. The first-order valence-corrected chi connectivity index (χ1v) is 10.6. The van der Waals surface area contributed by atoms with E-state index >= 15 is 0 Å². The SMILES string of the molecule is CCNC(=NCCc1csc(C(C)C)n1)N1CCN(Cc2ccon2)CC1. The summed E-state index contributed by atoms with van der Waals surface area (Å²) in [6.45, 7) is 12.9. The zero-order chi connectivity index (χ0) is 19.1. The first kappa shape index (κ1) is 19.8. The van der Waals surface area contributed by atoms with Crippen LogP contribution in [0.15, 0.2) is 27.2 Å². The fourth-order valence-electron chi connectivity index (χ4n) is 3.07. The third kappa shape index (κ3) is 5.77. The van der Waals surface area contributed by atoms with Gasteiger partial charge >= 0.3 is 0 Å². The minimum atomic E-state index is 0.498. The van der Waals surface area contributed by atoms with E-state index in [2.05, 4.69) is 46.4 Å². The van der Waals surface area contributed by atoms with Gasteiger partial charge in [-0.3, -0.25) is 9.89 Å². The van der Waals surface area contributed by atoms with E-state index in [0.29, 0.717) is 5.92 Å². The predicted molar refractivity (Wildman–Crippen MR) is 109 cm³/mol. The van der Waals surface area contributed by atoms with Crippen molar-refractivity contribution in [3.63, 3.8) is 0 Å². The summed E-state index contributed by atoms with van der Waals surface area (Å²) < 4.78 is 4.92.